The number of guanidine groups is 1. The number of nitrogens with one attached hydrogen (secondary N) is 5. The number of amides is 5. The molecule has 1 aromatic rings. The summed E-state index contributed by atoms with van der Waals surface area (Å²) in [5.74, 6) is -5.10. The molecule has 0 aliphatic carbocycles. The van der Waals surface area contributed by atoms with Gasteiger partial charge in [-0.25, -0.2) is 4.57 Å². The van der Waals surface area contributed by atoms with Crippen LogP contribution in [0.2, 0.25) is 0 Å². The van der Waals surface area contributed by atoms with Gasteiger partial charge in [-0.15, -0.1) is 0 Å². The highest BCUT2D eigenvalue weighted by Crippen LogP contribution is 2.35. The number of aliphatic hydroxyl groups is 2. The fraction of sp³-hybridized carbons (Fsp3) is 0.519. The summed E-state index contributed by atoms with van der Waals surface area (Å²) in [5, 5.41) is 30.2. The Morgan fingerprint density at radius 3 is 1.98 bits per heavy atom. The molecular formula is C27H44N9O12P. The molecule has 15 N–H and O–H groups in total. The van der Waals surface area contributed by atoms with E-state index in [1.807, 2.05) is 0 Å². The van der Waals surface area contributed by atoms with Gasteiger partial charge in [0.25, 0.3) is 0 Å². The van der Waals surface area contributed by atoms with Gasteiger partial charge in [0.15, 0.2) is 5.96 Å². The molecule has 0 saturated heterocycles. The molecule has 0 heterocycles. The fourth-order valence-corrected chi connectivity index (χ4v) is 4.23. The minimum atomic E-state index is -5.18. The number of aliphatic imine (C=N–C) groups is 1. The lowest BCUT2D eigenvalue weighted by molar-refractivity contribution is -0.135. The van der Waals surface area contributed by atoms with Crippen LogP contribution in [0.3, 0.4) is 0 Å². The monoisotopic (exact) mass is 717 g/mol. The Labute approximate surface area is 281 Å². The number of hydrogen-bond acceptors (Lipinski definition) is 12. The molecule has 49 heavy (non-hydrogen) atoms. The molecule has 0 spiro atoms. The van der Waals surface area contributed by atoms with Crippen LogP contribution in [-0.4, -0.2) is 124 Å². The van der Waals surface area contributed by atoms with Gasteiger partial charge in [-0.3, -0.25) is 33.5 Å². The van der Waals surface area contributed by atoms with Crippen LogP contribution in [0.1, 0.15) is 25.3 Å². The zero-order valence-corrected chi connectivity index (χ0v) is 27.5. The first-order valence-corrected chi connectivity index (χ1v) is 16.3. The number of phosphoric ester groups is 1. The third kappa shape index (κ3) is 16.9. The predicted octanol–water partition coefficient (Wildman–Crippen LogP) is -5.65. The average Bonchev–Trinajstić information content (AvgIpc) is 3.05. The van der Waals surface area contributed by atoms with Gasteiger partial charge in [0.05, 0.1) is 25.9 Å². The Morgan fingerprint density at radius 1 is 0.857 bits per heavy atom. The summed E-state index contributed by atoms with van der Waals surface area (Å²) in [6, 6.07) is -0.418. The molecule has 1 aromatic carbocycles. The standard InChI is InChI=1S/C27H44N9O12P/c1-15(32-25(43)20(13-39)35-23(41)18(28)8-5-9-31-27(29)30)22(40)36-21(14-48-49(45,46)47)26(44)34-19(10-16-6-3-2-4-7-16)24(42)33-17(11-37)12-38/h2-4,6-7,11,15,17-21,38-39H,5,8-10,12-14,28H2,1H3,(H,32,43)(H,33,42)(H,34,44)(H,35,41)(H,36,40)(H4,29,30,31)(H2,45,46,47)/t15-,17+,18-,19-,20-,21-/m0/s1. The van der Waals surface area contributed by atoms with Gasteiger partial charge >= 0.3 is 7.82 Å². The molecule has 21 nitrogen and oxygen atoms in total. The van der Waals surface area contributed by atoms with Gasteiger partial charge in [0.1, 0.15) is 36.5 Å². The lowest BCUT2D eigenvalue weighted by Gasteiger charge is -2.25. The fourth-order valence-electron chi connectivity index (χ4n) is 3.89. The van der Waals surface area contributed by atoms with E-state index < -0.39 is 93.4 Å². The minimum absolute atomic E-state index is 0.133. The van der Waals surface area contributed by atoms with Crippen LogP contribution >= 0.6 is 7.82 Å². The Hall–Kier alpha value is -4.50. The summed E-state index contributed by atoms with van der Waals surface area (Å²) < 4.78 is 15.8. The zero-order valence-electron chi connectivity index (χ0n) is 26.6. The predicted molar refractivity (Wildman–Crippen MR) is 172 cm³/mol. The van der Waals surface area contributed by atoms with E-state index >= 15 is 0 Å². The molecule has 0 saturated carbocycles. The van der Waals surface area contributed by atoms with Crippen molar-refractivity contribution in [3.63, 3.8) is 0 Å². The van der Waals surface area contributed by atoms with Gasteiger partial charge < -0.3 is 68.6 Å². The first-order chi connectivity index (χ1) is 23.0. The van der Waals surface area contributed by atoms with Crippen LogP contribution in [-0.2, 0) is 44.3 Å². The number of hydrogen-bond donors (Lipinski definition) is 12. The van der Waals surface area contributed by atoms with Gasteiger partial charge in [-0.05, 0) is 25.3 Å². The van der Waals surface area contributed by atoms with E-state index in [0.717, 1.165) is 6.92 Å². The molecule has 0 radical (unpaired) electrons. The lowest BCUT2D eigenvalue weighted by atomic mass is 10.0. The van der Waals surface area contributed by atoms with Crippen molar-refractivity contribution >= 4 is 49.6 Å². The molecule has 0 aliphatic heterocycles. The molecular weight excluding hydrogens is 673 g/mol. The molecule has 274 valence electrons. The van der Waals surface area contributed by atoms with Gasteiger partial charge in [-0.2, -0.15) is 0 Å². The van der Waals surface area contributed by atoms with Crippen LogP contribution in [0.15, 0.2) is 35.3 Å². The third-order valence-electron chi connectivity index (χ3n) is 6.52. The number of aliphatic hydroxyl groups excluding tert-OH is 2. The molecule has 6 atom stereocenters. The maximum absolute atomic E-state index is 13.3. The smallest absolute Gasteiger partial charge is 0.394 e. The highest BCUT2D eigenvalue weighted by atomic mass is 31.2. The number of carbonyl (C=O) groups is 6. The van der Waals surface area contributed by atoms with Crippen LogP contribution in [0.5, 0.6) is 0 Å². The van der Waals surface area contributed by atoms with Crippen molar-refractivity contribution in [2.24, 2.45) is 22.2 Å². The Bertz CT molecular complexity index is 1340. The van der Waals surface area contributed by atoms with Crippen LogP contribution in [0, 0.1) is 0 Å². The number of aldehydes is 1. The maximum Gasteiger partial charge on any atom is 0.469 e. The number of carbonyl (C=O) groups excluding carboxylic acids is 6. The number of nitrogens with zero attached hydrogens (tertiary/aromatic N) is 1. The molecule has 0 aromatic heterocycles. The largest absolute Gasteiger partial charge is 0.469 e. The number of nitrogens with two attached hydrogens (primary N) is 3. The first-order valence-electron chi connectivity index (χ1n) is 14.7. The van der Waals surface area contributed by atoms with Gasteiger partial charge in [0, 0.05) is 13.0 Å². The molecule has 1 rings (SSSR count). The maximum atomic E-state index is 13.3. The average molecular weight is 718 g/mol. The van der Waals surface area contributed by atoms with Crippen LogP contribution in [0.25, 0.3) is 0 Å². The minimum Gasteiger partial charge on any atom is -0.394 e. The van der Waals surface area contributed by atoms with Gasteiger partial charge in [0.2, 0.25) is 29.5 Å². The molecule has 0 unspecified atom stereocenters. The van der Waals surface area contributed by atoms with Crippen molar-refractivity contribution < 1.29 is 57.9 Å². The first kappa shape index (κ1) is 42.5. The van der Waals surface area contributed by atoms with E-state index in [1.54, 1.807) is 30.3 Å². The van der Waals surface area contributed by atoms with Crippen LogP contribution < -0.4 is 43.8 Å². The number of rotatable bonds is 22. The number of phosphoric acid groups is 1. The molecule has 5 amide bonds. The second-order valence-electron chi connectivity index (χ2n) is 10.6. The number of benzene rings is 1. The van der Waals surface area contributed by atoms with E-state index in [0.29, 0.717) is 12.0 Å². The normalized spacial score (nSPS) is 14.8. The molecule has 22 heteroatoms. The van der Waals surface area contributed by atoms with Crippen molar-refractivity contribution in [1.82, 2.24) is 26.6 Å². The zero-order chi connectivity index (χ0) is 37.1. The summed E-state index contributed by atoms with van der Waals surface area (Å²) in [6.45, 7) is -1.36. The summed E-state index contributed by atoms with van der Waals surface area (Å²) in [4.78, 5) is 97.7. The Balaban J connectivity index is 3.03. The SMILES string of the molecule is C[C@H](NC(=O)[C@H](CO)NC(=O)[C@@H](N)CCCN=C(N)N)C(=O)N[C@@H](COP(=O)(O)O)C(=O)N[C@@H](Cc1ccccc1)C(=O)N[C@H](C=O)CO. The quantitative estimate of drug-likeness (QED) is 0.0175. The molecule has 0 aliphatic rings. The lowest BCUT2D eigenvalue weighted by Crippen LogP contribution is -2.60. The van der Waals surface area contributed by atoms with E-state index in [1.165, 1.54) is 0 Å². The highest BCUT2D eigenvalue weighted by molar-refractivity contribution is 7.46. The van der Waals surface area contributed by atoms with Crippen molar-refractivity contribution in [1.29, 1.82) is 0 Å². The van der Waals surface area contributed by atoms with Crippen molar-refractivity contribution in [2.45, 2.75) is 62.4 Å². The van der Waals surface area contributed by atoms with E-state index in [4.69, 9.17) is 17.2 Å². The summed E-state index contributed by atoms with van der Waals surface area (Å²) >= 11 is 0. The molecule has 0 fully saturated rings. The van der Waals surface area contributed by atoms with E-state index in [9.17, 15) is 53.3 Å². The Morgan fingerprint density at radius 2 is 1.43 bits per heavy atom. The molecule has 0 bridgehead atoms. The summed E-state index contributed by atoms with van der Waals surface area (Å²) in [5.41, 5.74) is 16.8. The van der Waals surface area contributed by atoms with Crippen molar-refractivity contribution in [2.75, 3.05) is 26.4 Å². The Kier molecular flexibility index (Phi) is 18.6. The van der Waals surface area contributed by atoms with Crippen LogP contribution in [0.4, 0.5) is 0 Å². The summed E-state index contributed by atoms with van der Waals surface area (Å²) in [7, 11) is -5.18. The second-order valence-corrected chi connectivity index (χ2v) is 11.8. The topological polar surface area (TPSA) is 360 Å². The van der Waals surface area contributed by atoms with E-state index in [-0.39, 0.29) is 31.6 Å². The summed E-state index contributed by atoms with van der Waals surface area (Å²) in [6.07, 6.45) is 0.592. The van der Waals surface area contributed by atoms with E-state index in [2.05, 4.69) is 36.1 Å². The highest BCUT2D eigenvalue weighted by Gasteiger charge is 2.32. The van der Waals surface area contributed by atoms with Crippen molar-refractivity contribution in [3.05, 3.63) is 35.9 Å². The second kappa shape index (κ2) is 21.5. The van der Waals surface area contributed by atoms with Gasteiger partial charge in [-0.1, -0.05) is 30.3 Å². The third-order valence-corrected chi connectivity index (χ3v) is 7.00. The van der Waals surface area contributed by atoms with Crippen molar-refractivity contribution in [3.8, 4) is 0 Å².